The minimum Gasteiger partial charge on any atom is -0.507 e. The van der Waals surface area contributed by atoms with Crippen molar-refractivity contribution in [2.24, 2.45) is 0 Å². The van der Waals surface area contributed by atoms with Gasteiger partial charge in [-0.05, 0) is 68.5 Å². The van der Waals surface area contributed by atoms with Gasteiger partial charge in [0.15, 0.2) is 0 Å². The fraction of sp³-hybridized carbons (Fsp3) is 0.462. The van der Waals surface area contributed by atoms with Gasteiger partial charge in [-0.1, -0.05) is 0 Å². The molecule has 1 rings (SSSR count). The summed E-state index contributed by atoms with van der Waals surface area (Å²) in [7, 11) is 0. The van der Waals surface area contributed by atoms with Crippen LogP contribution in [0.3, 0.4) is 0 Å². The van der Waals surface area contributed by atoms with Gasteiger partial charge in [0, 0.05) is 15.7 Å². The third kappa shape index (κ3) is 3.34. The SMILES string of the molecule is CC(C)N(C(=O)c1ccc(I)cc1O)C(C)C. The number of nitrogens with zero attached hydrogens (tertiary/aromatic N) is 1. The van der Waals surface area contributed by atoms with E-state index in [0.29, 0.717) is 5.56 Å². The molecule has 0 saturated carbocycles. The average molecular weight is 347 g/mol. The van der Waals surface area contributed by atoms with Gasteiger partial charge in [0.05, 0.1) is 5.56 Å². The molecule has 0 aliphatic carbocycles. The van der Waals surface area contributed by atoms with Crippen LogP contribution in [0.4, 0.5) is 0 Å². The van der Waals surface area contributed by atoms with E-state index in [-0.39, 0.29) is 23.7 Å². The lowest BCUT2D eigenvalue weighted by Gasteiger charge is -2.31. The number of aromatic hydroxyl groups is 1. The summed E-state index contributed by atoms with van der Waals surface area (Å²) in [5.74, 6) is -0.0721. The quantitative estimate of drug-likeness (QED) is 0.853. The van der Waals surface area contributed by atoms with Gasteiger partial charge in [-0.25, -0.2) is 0 Å². The number of hydrogen-bond acceptors (Lipinski definition) is 2. The summed E-state index contributed by atoms with van der Waals surface area (Å²) < 4.78 is 0.914. The van der Waals surface area contributed by atoms with Crippen molar-refractivity contribution >= 4 is 28.5 Å². The third-order valence-corrected chi connectivity index (χ3v) is 3.21. The second-order valence-electron chi connectivity index (χ2n) is 4.56. The van der Waals surface area contributed by atoms with E-state index >= 15 is 0 Å². The first-order chi connectivity index (χ1) is 7.84. The Labute approximate surface area is 116 Å². The Morgan fingerprint density at radius 2 is 1.76 bits per heavy atom. The van der Waals surface area contributed by atoms with E-state index in [1.165, 1.54) is 0 Å². The van der Waals surface area contributed by atoms with E-state index in [2.05, 4.69) is 22.6 Å². The summed E-state index contributed by atoms with van der Waals surface area (Å²) in [5.41, 5.74) is 0.368. The molecular weight excluding hydrogens is 329 g/mol. The first-order valence-corrected chi connectivity index (χ1v) is 6.73. The highest BCUT2D eigenvalue weighted by Crippen LogP contribution is 2.23. The van der Waals surface area contributed by atoms with Crippen LogP contribution < -0.4 is 0 Å². The van der Waals surface area contributed by atoms with E-state index in [4.69, 9.17) is 0 Å². The normalized spacial score (nSPS) is 11.0. The molecule has 0 bridgehead atoms. The maximum atomic E-state index is 12.3. The summed E-state index contributed by atoms with van der Waals surface area (Å²) in [6.45, 7) is 7.90. The molecule has 1 aromatic rings. The second-order valence-corrected chi connectivity index (χ2v) is 5.81. The van der Waals surface area contributed by atoms with Crippen molar-refractivity contribution in [2.75, 3.05) is 0 Å². The molecule has 1 amide bonds. The Kier molecular flexibility index (Phi) is 4.80. The summed E-state index contributed by atoms with van der Waals surface area (Å²) in [6, 6.07) is 5.33. The lowest BCUT2D eigenvalue weighted by molar-refractivity contribution is 0.0640. The summed E-state index contributed by atoms with van der Waals surface area (Å²) >= 11 is 2.10. The number of halogens is 1. The predicted octanol–water partition coefficient (Wildman–Crippen LogP) is 3.26. The van der Waals surface area contributed by atoms with Crippen LogP contribution >= 0.6 is 22.6 Å². The zero-order valence-corrected chi connectivity index (χ0v) is 12.7. The minimum absolute atomic E-state index is 0.0493. The molecule has 94 valence electrons. The first kappa shape index (κ1) is 14.3. The smallest absolute Gasteiger partial charge is 0.258 e. The zero-order chi connectivity index (χ0) is 13.2. The fourth-order valence-electron chi connectivity index (χ4n) is 1.89. The van der Waals surface area contributed by atoms with Crippen LogP contribution in [0, 0.1) is 3.57 Å². The maximum absolute atomic E-state index is 12.3. The Morgan fingerprint density at radius 1 is 1.24 bits per heavy atom. The minimum atomic E-state index is -0.121. The molecule has 0 saturated heterocycles. The highest BCUT2D eigenvalue weighted by atomic mass is 127. The highest BCUT2D eigenvalue weighted by molar-refractivity contribution is 14.1. The number of benzene rings is 1. The van der Waals surface area contributed by atoms with E-state index in [1.54, 1.807) is 17.0 Å². The molecule has 0 radical (unpaired) electrons. The molecule has 1 N–H and O–H groups in total. The maximum Gasteiger partial charge on any atom is 0.258 e. The number of hydrogen-bond donors (Lipinski definition) is 1. The molecule has 1 aromatic carbocycles. The third-order valence-electron chi connectivity index (χ3n) is 2.54. The van der Waals surface area contributed by atoms with Gasteiger partial charge in [-0.15, -0.1) is 0 Å². The van der Waals surface area contributed by atoms with Crippen molar-refractivity contribution in [3.8, 4) is 5.75 Å². The molecule has 0 aromatic heterocycles. The van der Waals surface area contributed by atoms with Crippen LogP contribution in [0.15, 0.2) is 18.2 Å². The summed E-state index contributed by atoms with van der Waals surface area (Å²) in [6.07, 6.45) is 0. The van der Waals surface area contributed by atoms with E-state index in [1.807, 2.05) is 33.8 Å². The lowest BCUT2D eigenvalue weighted by atomic mass is 10.1. The Balaban J connectivity index is 3.10. The molecular formula is C13H18INO2. The van der Waals surface area contributed by atoms with E-state index < -0.39 is 0 Å². The molecule has 0 unspecified atom stereocenters. The number of carbonyl (C=O) groups is 1. The highest BCUT2D eigenvalue weighted by Gasteiger charge is 2.23. The van der Waals surface area contributed by atoms with Crippen LogP contribution in [0.25, 0.3) is 0 Å². The van der Waals surface area contributed by atoms with Gasteiger partial charge in [0.2, 0.25) is 0 Å². The molecule has 0 fully saturated rings. The Bertz CT molecular complexity index is 408. The number of phenols is 1. The molecule has 0 aliphatic rings. The number of rotatable bonds is 3. The average Bonchev–Trinajstić information content (AvgIpc) is 2.15. The van der Waals surface area contributed by atoms with Crippen LogP contribution in [-0.4, -0.2) is 28.0 Å². The molecule has 3 nitrogen and oxygen atoms in total. The summed E-state index contributed by atoms with van der Waals surface area (Å²) in [5, 5.41) is 9.82. The lowest BCUT2D eigenvalue weighted by Crippen LogP contribution is -2.42. The molecule has 4 heteroatoms. The van der Waals surface area contributed by atoms with E-state index in [9.17, 15) is 9.90 Å². The topological polar surface area (TPSA) is 40.5 Å². The van der Waals surface area contributed by atoms with Crippen molar-refractivity contribution in [3.63, 3.8) is 0 Å². The van der Waals surface area contributed by atoms with Gasteiger partial charge < -0.3 is 10.0 Å². The largest absolute Gasteiger partial charge is 0.507 e. The van der Waals surface area contributed by atoms with Gasteiger partial charge in [0.1, 0.15) is 5.75 Å². The second kappa shape index (κ2) is 5.71. The molecule has 0 heterocycles. The van der Waals surface area contributed by atoms with Gasteiger partial charge in [-0.3, -0.25) is 4.79 Å². The van der Waals surface area contributed by atoms with Gasteiger partial charge >= 0.3 is 0 Å². The molecule has 0 atom stereocenters. The monoisotopic (exact) mass is 347 g/mol. The predicted molar refractivity (Wildman–Crippen MR) is 77.3 cm³/mol. The molecule has 0 spiro atoms. The van der Waals surface area contributed by atoms with Gasteiger partial charge in [0.25, 0.3) is 5.91 Å². The number of phenolic OH excluding ortho intramolecular Hbond substituents is 1. The van der Waals surface area contributed by atoms with Crippen molar-refractivity contribution in [1.29, 1.82) is 0 Å². The summed E-state index contributed by atoms with van der Waals surface area (Å²) in [4.78, 5) is 14.1. The molecule has 0 aliphatic heterocycles. The van der Waals surface area contributed by atoms with Crippen LogP contribution in [0.5, 0.6) is 5.75 Å². The van der Waals surface area contributed by atoms with Crippen LogP contribution in [0.2, 0.25) is 0 Å². The number of amides is 1. The molecule has 17 heavy (non-hydrogen) atoms. The van der Waals surface area contributed by atoms with Crippen LogP contribution in [-0.2, 0) is 0 Å². The fourth-order valence-corrected chi connectivity index (χ4v) is 2.36. The Morgan fingerprint density at radius 3 is 2.18 bits per heavy atom. The van der Waals surface area contributed by atoms with Crippen molar-refractivity contribution in [2.45, 2.75) is 39.8 Å². The first-order valence-electron chi connectivity index (χ1n) is 5.65. The zero-order valence-electron chi connectivity index (χ0n) is 10.6. The van der Waals surface area contributed by atoms with Crippen molar-refractivity contribution in [3.05, 3.63) is 27.3 Å². The van der Waals surface area contributed by atoms with Crippen molar-refractivity contribution in [1.82, 2.24) is 4.90 Å². The van der Waals surface area contributed by atoms with E-state index in [0.717, 1.165) is 3.57 Å². The number of carbonyl (C=O) groups excluding carboxylic acids is 1. The van der Waals surface area contributed by atoms with Crippen molar-refractivity contribution < 1.29 is 9.90 Å². The Hall–Kier alpha value is -0.780. The van der Waals surface area contributed by atoms with Crippen LogP contribution in [0.1, 0.15) is 38.1 Å². The standard InChI is InChI=1S/C13H18INO2/c1-8(2)15(9(3)4)13(17)11-6-5-10(14)7-12(11)16/h5-9,16H,1-4H3. The van der Waals surface area contributed by atoms with Gasteiger partial charge in [-0.2, -0.15) is 0 Å².